The number of hydrogen-bond acceptors (Lipinski definition) is 4. The van der Waals surface area contributed by atoms with E-state index in [4.69, 9.17) is 9.47 Å². The molecule has 0 bridgehead atoms. The Balaban J connectivity index is 1.46. The Morgan fingerprint density at radius 2 is 1.93 bits per heavy atom. The zero-order valence-corrected chi connectivity index (χ0v) is 17.3. The van der Waals surface area contributed by atoms with Crippen molar-refractivity contribution >= 4 is 11.6 Å². The molecule has 3 heterocycles. The Kier molecular flexibility index (Phi) is 6.11. The standard InChI is InChI=1S/C21H29F3N4O2/c1-25-19(28-6-4-20(14-28)5-9-30-15-20)26-13-16-2-3-17(12-18(16)21(22,23)24)27-7-10-29-11-8-27/h2-3,12H,4-11,13-15H2,1H3,(H,25,26). The molecular weight excluding hydrogens is 397 g/mol. The van der Waals surface area contributed by atoms with Gasteiger partial charge in [-0.25, -0.2) is 0 Å². The molecular formula is C21H29F3N4O2. The lowest BCUT2D eigenvalue weighted by molar-refractivity contribution is -0.138. The quantitative estimate of drug-likeness (QED) is 0.595. The maximum absolute atomic E-state index is 13.8. The summed E-state index contributed by atoms with van der Waals surface area (Å²) in [6.07, 6.45) is -2.36. The molecule has 3 fully saturated rings. The minimum atomic E-state index is -4.41. The van der Waals surface area contributed by atoms with Crippen LogP contribution in [0.2, 0.25) is 0 Å². The lowest BCUT2D eigenvalue weighted by Gasteiger charge is -2.30. The first kappa shape index (κ1) is 21.2. The Bertz CT molecular complexity index is 772. The molecule has 30 heavy (non-hydrogen) atoms. The monoisotopic (exact) mass is 426 g/mol. The molecule has 1 atom stereocenters. The van der Waals surface area contributed by atoms with E-state index < -0.39 is 11.7 Å². The SMILES string of the molecule is CN=C(NCc1ccc(N2CCOCC2)cc1C(F)(F)F)N1CCC2(CCOC2)C1. The Hall–Kier alpha value is -2.00. The summed E-state index contributed by atoms with van der Waals surface area (Å²) in [7, 11) is 1.67. The maximum atomic E-state index is 13.8. The molecule has 3 saturated heterocycles. The fourth-order valence-electron chi connectivity index (χ4n) is 4.59. The molecule has 0 saturated carbocycles. The molecule has 1 aromatic carbocycles. The van der Waals surface area contributed by atoms with Gasteiger partial charge in [0, 0.05) is 57.5 Å². The van der Waals surface area contributed by atoms with Crippen LogP contribution in [0.4, 0.5) is 18.9 Å². The number of nitrogens with zero attached hydrogens (tertiary/aromatic N) is 3. The third kappa shape index (κ3) is 4.51. The number of aliphatic imine (C=N–C) groups is 1. The summed E-state index contributed by atoms with van der Waals surface area (Å²) in [4.78, 5) is 8.37. The molecule has 1 spiro atoms. The maximum Gasteiger partial charge on any atom is 0.416 e. The van der Waals surface area contributed by atoms with Crippen molar-refractivity contribution < 1.29 is 22.6 Å². The Morgan fingerprint density at radius 1 is 1.13 bits per heavy atom. The van der Waals surface area contributed by atoms with Crippen LogP contribution >= 0.6 is 0 Å². The molecule has 0 amide bonds. The molecule has 0 radical (unpaired) electrons. The number of likely N-dealkylation sites (tertiary alicyclic amines) is 1. The van der Waals surface area contributed by atoms with Crippen molar-refractivity contribution in [3.8, 4) is 0 Å². The zero-order valence-electron chi connectivity index (χ0n) is 17.3. The largest absolute Gasteiger partial charge is 0.416 e. The number of guanidine groups is 1. The van der Waals surface area contributed by atoms with Gasteiger partial charge in [-0.3, -0.25) is 4.99 Å². The molecule has 0 aromatic heterocycles. The number of rotatable bonds is 3. The van der Waals surface area contributed by atoms with Gasteiger partial charge in [0.15, 0.2) is 5.96 Å². The molecule has 0 aliphatic carbocycles. The van der Waals surface area contributed by atoms with E-state index in [2.05, 4.69) is 15.2 Å². The van der Waals surface area contributed by atoms with Gasteiger partial charge < -0.3 is 24.6 Å². The average molecular weight is 426 g/mol. The van der Waals surface area contributed by atoms with Crippen LogP contribution in [0.3, 0.4) is 0 Å². The number of alkyl halides is 3. The van der Waals surface area contributed by atoms with Gasteiger partial charge in [0.1, 0.15) is 0 Å². The van der Waals surface area contributed by atoms with Crippen LogP contribution in [0.25, 0.3) is 0 Å². The Labute approximate surface area is 175 Å². The molecule has 6 nitrogen and oxygen atoms in total. The summed E-state index contributed by atoms with van der Waals surface area (Å²) < 4.78 is 52.2. The predicted molar refractivity (Wildman–Crippen MR) is 109 cm³/mol. The smallest absolute Gasteiger partial charge is 0.381 e. The number of hydrogen-bond donors (Lipinski definition) is 1. The minimum absolute atomic E-state index is 0.0743. The number of ether oxygens (including phenoxy) is 2. The number of nitrogens with one attached hydrogen (secondary N) is 1. The molecule has 1 aromatic rings. The van der Waals surface area contributed by atoms with Gasteiger partial charge in [0.2, 0.25) is 0 Å². The molecule has 4 rings (SSSR count). The fourth-order valence-corrected chi connectivity index (χ4v) is 4.59. The van der Waals surface area contributed by atoms with Gasteiger partial charge in [-0.2, -0.15) is 13.2 Å². The summed E-state index contributed by atoms with van der Waals surface area (Å²) in [6, 6.07) is 4.59. The van der Waals surface area contributed by atoms with Crippen molar-refractivity contribution in [3.63, 3.8) is 0 Å². The number of anilines is 1. The molecule has 166 valence electrons. The van der Waals surface area contributed by atoms with Crippen LogP contribution in [0.1, 0.15) is 24.0 Å². The third-order valence-corrected chi connectivity index (χ3v) is 6.35. The zero-order chi connectivity index (χ0) is 21.2. The topological polar surface area (TPSA) is 49.3 Å². The van der Waals surface area contributed by atoms with Gasteiger partial charge in [0.25, 0.3) is 0 Å². The van der Waals surface area contributed by atoms with Gasteiger partial charge in [-0.05, 0) is 30.5 Å². The highest BCUT2D eigenvalue weighted by molar-refractivity contribution is 5.80. The second-order valence-electron chi connectivity index (χ2n) is 8.31. The number of halogens is 3. The number of benzene rings is 1. The highest BCUT2D eigenvalue weighted by atomic mass is 19.4. The van der Waals surface area contributed by atoms with Crippen molar-refractivity contribution in [3.05, 3.63) is 29.3 Å². The molecule has 3 aliphatic rings. The Morgan fingerprint density at radius 3 is 2.60 bits per heavy atom. The summed E-state index contributed by atoms with van der Waals surface area (Å²) >= 11 is 0. The van der Waals surface area contributed by atoms with Gasteiger partial charge in [-0.1, -0.05) is 6.07 Å². The summed E-state index contributed by atoms with van der Waals surface area (Å²) in [5.41, 5.74) is 0.367. The van der Waals surface area contributed by atoms with E-state index in [9.17, 15) is 13.2 Å². The fraction of sp³-hybridized carbons (Fsp3) is 0.667. The van der Waals surface area contributed by atoms with Crippen LogP contribution in [-0.4, -0.2) is 70.5 Å². The van der Waals surface area contributed by atoms with E-state index in [1.54, 1.807) is 19.2 Å². The van der Waals surface area contributed by atoms with E-state index >= 15 is 0 Å². The van der Waals surface area contributed by atoms with Gasteiger partial charge in [-0.15, -0.1) is 0 Å². The molecule has 1 N–H and O–H groups in total. The van der Waals surface area contributed by atoms with Crippen LogP contribution in [0.15, 0.2) is 23.2 Å². The van der Waals surface area contributed by atoms with Crippen LogP contribution in [0, 0.1) is 5.41 Å². The predicted octanol–water partition coefficient (Wildman–Crippen LogP) is 2.73. The summed E-state index contributed by atoms with van der Waals surface area (Å²) in [5, 5.41) is 3.15. The highest BCUT2D eigenvalue weighted by Gasteiger charge is 2.42. The lowest BCUT2D eigenvalue weighted by Crippen LogP contribution is -2.41. The van der Waals surface area contributed by atoms with Crippen molar-refractivity contribution in [2.75, 3.05) is 64.6 Å². The average Bonchev–Trinajstić information content (AvgIpc) is 3.38. The van der Waals surface area contributed by atoms with Crippen LogP contribution in [-0.2, 0) is 22.2 Å². The van der Waals surface area contributed by atoms with Gasteiger partial charge in [0.05, 0.1) is 25.4 Å². The number of morpholine rings is 1. The minimum Gasteiger partial charge on any atom is -0.381 e. The van der Waals surface area contributed by atoms with E-state index in [1.807, 2.05) is 4.90 Å². The second-order valence-corrected chi connectivity index (χ2v) is 8.31. The van der Waals surface area contributed by atoms with Crippen molar-refractivity contribution in [1.29, 1.82) is 0 Å². The third-order valence-electron chi connectivity index (χ3n) is 6.35. The summed E-state index contributed by atoms with van der Waals surface area (Å²) in [6.45, 7) is 5.54. The van der Waals surface area contributed by atoms with E-state index in [1.165, 1.54) is 6.07 Å². The van der Waals surface area contributed by atoms with Crippen molar-refractivity contribution in [1.82, 2.24) is 10.2 Å². The second kappa shape index (κ2) is 8.63. The van der Waals surface area contributed by atoms with E-state index in [0.717, 1.165) is 39.1 Å². The van der Waals surface area contributed by atoms with Crippen molar-refractivity contribution in [2.45, 2.75) is 25.6 Å². The van der Waals surface area contributed by atoms with Crippen LogP contribution in [0.5, 0.6) is 0 Å². The molecule has 1 unspecified atom stereocenters. The first-order chi connectivity index (χ1) is 14.4. The lowest BCUT2D eigenvalue weighted by atomic mass is 9.87. The normalized spacial score (nSPS) is 25.4. The van der Waals surface area contributed by atoms with Gasteiger partial charge >= 0.3 is 6.18 Å². The summed E-state index contributed by atoms with van der Waals surface area (Å²) in [5.74, 6) is 0.643. The molecule has 9 heteroatoms. The molecule has 3 aliphatic heterocycles. The van der Waals surface area contributed by atoms with E-state index in [0.29, 0.717) is 38.0 Å². The van der Waals surface area contributed by atoms with E-state index in [-0.39, 0.29) is 17.5 Å². The highest BCUT2D eigenvalue weighted by Crippen LogP contribution is 2.38. The van der Waals surface area contributed by atoms with Crippen LogP contribution < -0.4 is 10.2 Å². The first-order valence-corrected chi connectivity index (χ1v) is 10.5. The van der Waals surface area contributed by atoms with Crippen molar-refractivity contribution in [2.24, 2.45) is 10.4 Å². The first-order valence-electron chi connectivity index (χ1n) is 10.5.